The number of nitrogens with two attached hydrogens (primary N) is 1. The monoisotopic (exact) mass is 185 g/mol. The van der Waals surface area contributed by atoms with Crippen LogP contribution >= 0.6 is 0 Å². The van der Waals surface area contributed by atoms with Gasteiger partial charge >= 0.3 is 0 Å². The van der Waals surface area contributed by atoms with Crippen molar-refractivity contribution in [2.45, 2.75) is 12.8 Å². The van der Waals surface area contributed by atoms with Gasteiger partial charge in [0.1, 0.15) is 6.61 Å². The summed E-state index contributed by atoms with van der Waals surface area (Å²) < 4.78 is 4.90. The predicted molar refractivity (Wildman–Crippen MR) is 47.7 cm³/mol. The Morgan fingerprint density at radius 2 is 2.38 bits per heavy atom. The van der Waals surface area contributed by atoms with Gasteiger partial charge in [-0.25, -0.2) is 0 Å². The number of nitrogens with zero attached hydrogens (tertiary/aromatic N) is 1. The molecule has 1 amide bonds. The fourth-order valence-electron chi connectivity index (χ4n) is 0.694. The predicted octanol–water partition coefficient (Wildman–Crippen LogP) is -0.618. The number of rotatable bonds is 7. The molecule has 0 fully saturated rings. The minimum absolute atomic E-state index is 0.0454. The van der Waals surface area contributed by atoms with E-state index in [0.29, 0.717) is 32.5 Å². The van der Waals surface area contributed by atoms with E-state index in [1.165, 1.54) is 0 Å². The summed E-state index contributed by atoms with van der Waals surface area (Å²) in [4.78, 5) is 10.9. The molecule has 0 atom stereocenters. The van der Waals surface area contributed by atoms with E-state index in [-0.39, 0.29) is 12.5 Å². The number of ether oxygens (including phenoxy) is 1. The Hall–Kier alpha value is -1.12. The van der Waals surface area contributed by atoms with Gasteiger partial charge in [-0.05, 0) is 6.42 Å². The van der Waals surface area contributed by atoms with Gasteiger partial charge in [0.2, 0.25) is 5.91 Å². The Morgan fingerprint density at radius 3 is 3.00 bits per heavy atom. The van der Waals surface area contributed by atoms with Crippen LogP contribution < -0.4 is 11.1 Å². The van der Waals surface area contributed by atoms with Gasteiger partial charge in [0.05, 0.1) is 12.7 Å². The molecule has 0 aliphatic carbocycles. The highest BCUT2D eigenvalue weighted by atomic mass is 16.5. The first kappa shape index (κ1) is 11.9. The largest absolute Gasteiger partial charge is 0.370 e. The van der Waals surface area contributed by atoms with E-state index in [1.807, 2.05) is 6.07 Å². The number of amides is 1. The zero-order valence-corrected chi connectivity index (χ0v) is 7.58. The Kier molecular flexibility index (Phi) is 8.20. The average molecular weight is 185 g/mol. The molecule has 5 heteroatoms. The molecule has 0 aromatic rings. The van der Waals surface area contributed by atoms with E-state index in [1.54, 1.807) is 0 Å². The summed E-state index contributed by atoms with van der Waals surface area (Å²) in [6, 6.07) is 1.99. The van der Waals surface area contributed by atoms with Gasteiger partial charge in [-0.1, -0.05) is 0 Å². The highest BCUT2D eigenvalue weighted by Crippen LogP contribution is 1.82. The molecule has 0 unspecified atom stereocenters. The van der Waals surface area contributed by atoms with Crippen LogP contribution in [0.4, 0.5) is 0 Å². The third-order valence-electron chi connectivity index (χ3n) is 1.28. The lowest BCUT2D eigenvalue weighted by atomic mass is 10.3. The number of hydrogen-bond donors (Lipinski definition) is 2. The molecule has 5 nitrogen and oxygen atoms in total. The molecule has 0 bridgehead atoms. The molecule has 0 aliphatic heterocycles. The first-order chi connectivity index (χ1) is 6.31. The molecule has 0 rings (SSSR count). The van der Waals surface area contributed by atoms with Crippen molar-refractivity contribution in [3.8, 4) is 6.07 Å². The lowest BCUT2D eigenvalue weighted by Gasteiger charge is -2.03. The number of hydrogen-bond acceptors (Lipinski definition) is 4. The van der Waals surface area contributed by atoms with Gasteiger partial charge in [-0.15, -0.1) is 0 Å². The number of unbranched alkanes of at least 4 members (excludes halogenated alkanes) is 1. The average Bonchev–Trinajstić information content (AvgIpc) is 2.13. The second-order valence-electron chi connectivity index (χ2n) is 2.45. The Labute approximate surface area is 77.9 Å². The summed E-state index contributed by atoms with van der Waals surface area (Å²) in [6.07, 6.45) is 1.14. The first-order valence-electron chi connectivity index (χ1n) is 4.22. The summed E-state index contributed by atoms with van der Waals surface area (Å²) in [5.41, 5.74) is 5.16. The molecule has 0 spiro atoms. The molecular formula is C8H15N3O2. The van der Waals surface area contributed by atoms with E-state index in [4.69, 9.17) is 15.7 Å². The SMILES string of the molecule is N#CCCCNC(=O)COCCN. The zero-order valence-electron chi connectivity index (χ0n) is 7.58. The summed E-state index contributed by atoms with van der Waals surface area (Å²) in [7, 11) is 0. The van der Waals surface area contributed by atoms with Gasteiger partial charge in [0.25, 0.3) is 0 Å². The summed E-state index contributed by atoms with van der Waals surface area (Å²) in [5, 5.41) is 10.8. The number of nitrogens with one attached hydrogen (secondary N) is 1. The molecule has 0 radical (unpaired) electrons. The Morgan fingerprint density at radius 1 is 1.62 bits per heavy atom. The lowest BCUT2D eigenvalue weighted by Crippen LogP contribution is -2.29. The van der Waals surface area contributed by atoms with Crippen LogP contribution in [0, 0.1) is 11.3 Å². The quantitative estimate of drug-likeness (QED) is 0.517. The van der Waals surface area contributed by atoms with Gasteiger partial charge < -0.3 is 15.8 Å². The van der Waals surface area contributed by atoms with Crippen LogP contribution in [0.2, 0.25) is 0 Å². The van der Waals surface area contributed by atoms with Gasteiger partial charge in [-0.3, -0.25) is 4.79 Å². The highest BCUT2D eigenvalue weighted by molar-refractivity contribution is 5.77. The molecule has 0 heterocycles. The van der Waals surface area contributed by atoms with Crippen LogP contribution in [-0.2, 0) is 9.53 Å². The van der Waals surface area contributed by atoms with Gasteiger partial charge in [0.15, 0.2) is 0 Å². The molecule has 0 saturated heterocycles. The normalized spacial score (nSPS) is 9.23. The minimum Gasteiger partial charge on any atom is -0.370 e. The molecular weight excluding hydrogens is 170 g/mol. The molecule has 0 saturated carbocycles. The maximum Gasteiger partial charge on any atom is 0.245 e. The molecule has 3 N–H and O–H groups in total. The van der Waals surface area contributed by atoms with E-state index < -0.39 is 0 Å². The fourth-order valence-corrected chi connectivity index (χ4v) is 0.694. The van der Waals surface area contributed by atoms with Gasteiger partial charge in [-0.2, -0.15) is 5.26 Å². The second-order valence-corrected chi connectivity index (χ2v) is 2.45. The molecule has 0 aliphatic rings. The zero-order chi connectivity index (χ0) is 9.94. The van der Waals surface area contributed by atoms with Crippen LogP contribution in [0.3, 0.4) is 0 Å². The summed E-state index contributed by atoms with van der Waals surface area (Å²) >= 11 is 0. The van der Waals surface area contributed by atoms with Crippen molar-refractivity contribution in [3.05, 3.63) is 0 Å². The van der Waals surface area contributed by atoms with Crippen LogP contribution in [0.1, 0.15) is 12.8 Å². The number of nitriles is 1. The molecule has 13 heavy (non-hydrogen) atoms. The van der Waals surface area contributed by atoms with Crippen molar-refractivity contribution in [2.24, 2.45) is 5.73 Å². The van der Waals surface area contributed by atoms with E-state index >= 15 is 0 Å². The molecule has 74 valence electrons. The Bertz CT molecular complexity index is 177. The van der Waals surface area contributed by atoms with Crippen LogP contribution in [0.25, 0.3) is 0 Å². The molecule has 0 aromatic carbocycles. The minimum atomic E-state index is -0.161. The van der Waals surface area contributed by atoms with Crippen molar-refractivity contribution in [3.63, 3.8) is 0 Å². The Balaban J connectivity index is 3.16. The molecule has 0 aromatic heterocycles. The maximum absolute atomic E-state index is 10.9. The van der Waals surface area contributed by atoms with E-state index in [9.17, 15) is 4.79 Å². The van der Waals surface area contributed by atoms with Crippen LogP contribution in [0.15, 0.2) is 0 Å². The third kappa shape index (κ3) is 8.79. The second kappa shape index (κ2) is 8.97. The maximum atomic E-state index is 10.9. The standard InChI is InChI=1S/C8H15N3O2/c9-3-1-2-5-11-8(12)7-13-6-4-10/h1-2,4-7,10H2,(H,11,12). The van der Waals surface area contributed by atoms with Crippen molar-refractivity contribution in [2.75, 3.05) is 26.3 Å². The highest BCUT2D eigenvalue weighted by Gasteiger charge is 1.98. The number of carbonyl (C=O) groups is 1. The first-order valence-corrected chi connectivity index (χ1v) is 4.22. The van der Waals surface area contributed by atoms with Crippen LogP contribution in [0.5, 0.6) is 0 Å². The van der Waals surface area contributed by atoms with Crippen molar-refractivity contribution < 1.29 is 9.53 Å². The van der Waals surface area contributed by atoms with Crippen LogP contribution in [-0.4, -0.2) is 32.2 Å². The summed E-state index contributed by atoms with van der Waals surface area (Å²) in [5.74, 6) is -0.161. The third-order valence-corrected chi connectivity index (χ3v) is 1.28. The lowest BCUT2D eigenvalue weighted by molar-refractivity contribution is -0.125. The van der Waals surface area contributed by atoms with Crippen molar-refractivity contribution in [1.82, 2.24) is 5.32 Å². The van der Waals surface area contributed by atoms with Gasteiger partial charge in [0, 0.05) is 19.5 Å². The fraction of sp³-hybridized carbons (Fsp3) is 0.750. The van der Waals surface area contributed by atoms with Crippen molar-refractivity contribution >= 4 is 5.91 Å². The summed E-state index contributed by atoms with van der Waals surface area (Å²) in [6.45, 7) is 1.38. The van der Waals surface area contributed by atoms with E-state index in [2.05, 4.69) is 5.32 Å². The smallest absolute Gasteiger partial charge is 0.245 e. The topological polar surface area (TPSA) is 88.1 Å². The number of carbonyl (C=O) groups excluding carboxylic acids is 1. The van der Waals surface area contributed by atoms with E-state index in [0.717, 1.165) is 0 Å². The van der Waals surface area contributed by atoms with Crippen molar-refractivity contribution in [1.29, 1.82) is 5.26 Å².